The molecule has 1 aromatic heterocycles. The Balaban J connectivity index is 1.50. The Bertz CT molecular complexity index is 1560. The molecule has 37 heavy (non-hydrogen) atoms. The number of halogens is 1. The second-order valence-electron chi connectivity index (χ2n) is 8.71. The van der Waals surface area contributed by atoms with Crippen LogP contribution in [-0.4, -0.2) is 15.0 Å². The third-order valence-electron chi connectivity index (χ3n) is 6.19. The second-order valence-corrected chi connectivity index (χ2v) is 9.62. The van der Waals surface area contributed by atoms with Crippen molar-refractivity contribution >= 4 is 15.9 Å². The third kappa shape index (κ3) is 5.11. The van der Waals surface area contributed by atoms with Crippen LogP contribution >= 0.6 is 15.9 Å². The van der Waals surface area contributed by atoms with Crippen molar-refractivity contribution in [1.82, 2.24) is 15.0 Å². The molecule has 3 nitrogen and oxygen atoms in total. The van der Waals surface area contributed by atoms with Crippen LogP contribution in [0.4, 0.5) is 0 Å². The molecule has 0 aliphatic carbocycles. The standard InChI is InChI=1S/C33H22BrN3/c34-30-19-17-25(18-20-30)31-35-32(28-15-7-13-26(21-28)23-9-3-1-4-10-23)37-33(36-31)29-16-8-14-27(22-29)24-11-5-2-6-12-24/h1-22H. The van der Waals surface area contributed by atoms with Crippen LogP contribution in [0.25, 0.3) is 56.4 Å². The normalized spacial score (nSPS) is 10.8. The van der Waals surface area contributed by atoms with Crippen molar-refractivity contribution in [2.24, 2.45) is 0 Å². The quantitative estimate of drug-likeness (QED) is 0.219. The lowest BCUT2D eigenvalue weighted by Gasteiger charge is -2.10. The Morgan fingerprint density at radius 3 is 1.16 bits per heavy atom. The lowest BCUT2D eigenvalue weighted by molar-refractivity contribution is 1.07. The summed E-state index contributed by atoms with van der Waals surface area (Å²) in [7, 11) is 0. The van der Waals surface area contributed by atoms with E-state index in [0.29, 0.717) is 17.5 Å². The predicted molar refractivity (Wildman–Crippen MR) is 155 cm³/mol. The molecule has 0 unspecified atom stereocenters. The largest absolute Gasteiger partial charge is 0.208 e. The summed E-state index contributed by atoms with van der Waals surface area (Å²) in [6, 6.07) is 45.5. The number of rotatable bonds is 5. The maximum absolute atomic E-state index is 4.96. The van der Waals surface area contributed by atoms with Crippen molar-refractivity contribution in [3.8, 4) is 56.4 Å². The maximum atomic E-state index is 4.96. The first-order chi connectivity index (χ1) is 18.2. The highest BCUT2D eigenvalue weighted by atomic mass is 79.9. The highest BCUT2D eigenvalue weighted by Crippen LogP contribution is 2.30. The Morgan fingerprint density at radius 1 is 0.324 bits per heavy atom. The minimum Gasteiger partial charge on any atom is -0.208 e. The van der Waals surface area contributed by atoms with Crippen LogP contribution in [0.3, 0.4) is 0 Å². The molecule has 6 aromatic rings. The number of hydrogen-bond acceptors (Lipinski definition) is 3. The van der Waals surface area contributed by atoms with E-state index in [1.807, 2.05) is 36.4 Å². The monoisotopic (exact) mass is 539 g/mol. The molecule has 5 aromatic carbocycles. The number of aromatic nitrogens is 3. The average Bonchev–Trinajstić information content (AvgIpc) is 2.98. The van der Waals surface area contributed by atoms with Crippen LogP contribution in [0, 0.1) is 0 Å². The molecule has 0 amide bonds. The molecule has 0 fully saturated rings. The van der Waals surface area contributed by atoms with Crippen molar-refractivity contribution in [3.63, 3.8) is 0 Å². The van der Waals surface area contributed by atoms with E-state index >= 15 is 0 Å². The number of hydrogen-bond donors (Lipinski definition) is 0. The van der Waals surface area contributed by atoms with Crippen molar-refractivity contribution in [3.05, 3.63) is 138 Å². The first kappa shape index (κ1) is 23.0. The van der Waals surface area contributed by atoms with Gasteiger partial charge in [-0.1, -0.05) is 125 Å². The van der Waals surface area contributed by atoms with Gasteiger partial charge in [0.15, 0.2) is 17.5 Å². The molecule has 1 heterocycles. The molecule has 176 valence electrons. The van der Waals surface area contributed by atoms with E-state index in [4.69, 9.17) is 15.0 Å². The zero-order valence-corrected chi connectivity index (χ0v) is 21.5. The van der Waals surface area contributed by atoms with Crippen LogP contribution < -0.4 is 0 Å². The summed E-state index contributed by atoms with van der Waals surface area (Å²) in [6.45, 7) is 0. The van der Waals surface area contributed by atoms with Crippen molar-refractivity contribution in [2.45, 2.75) is 0 Å². The van der Waals surface area contributed by atoms with E-state index in [2.05, 4.69) is 113 Å². The fourth-order valence-corrected chi connectivity index (χ4v) is 4.56. The number of nitrogens with zero attached hydrogens (tertiary/aromatic N) is 3. The Morgan fingerprint density at radius 2 is 0.703 bits per heavy atom. The van der Waals surface area contributed by atoms with E-state index in [-0.39, 0.29) is 0 Å². The molecular weight excluding hydrogens is 518 g/mol. The molecule has 0 spiro atoms. The molecule has 0 aliphatic heterocycles. The predicted octanol–water partition coefficient (Wildman–Crippen LogP) is 8.97. The van der Waals surface area contributed by atoms with Crippen LogP contribution in [0.15, 0.2) is 138 Å². The minimum atomic E-state index is 0.641. The van der Waals surface area contributed by atoms with E-state index in [1.54, 1.807) is 0 Å². The summed E-state index contributed by atoms with van der Waals surface area (Å²) in [6.07, 6.45) is 0. The molecule has 0 saturated heterocycles. The summed E-state index contributed by atoms with van der Waals surface area (Å²) in [4.78, 5) is 14.8. The van der Waals surface area contributed by atoms with E-state index in [0.717, 1.165) is 43.4 Å². The number of benzene rings is 5. The molecule has 0 N–H and O–H groups in total. The van der Waals surface area contributed by atoms with Crippen molar-refractivity contribution in [2.75, 3.05) is 0 Å². The minimum absolute atomic E-state index is 0.641. The summed E-state index contributed by atoms with van der Waals surface area (Å²) in [5, 5.41) is 0. The van der Waals surface area contributed by atoms with Gasteiger partial charge >= 0.3 is 0 Å². The molecule has 0 saturated carbocycles. The zero-order chi connectivity index (χ0) is 25.0. The third-order valence-corrected chi connectivity index (χ3v) is 6.72. The molecule has 0 bridgehead atoms. The van der Waals surface area contributed by atoms with Gasteiger partial charge in [0.25, 0.3) is 0 Å². The lowest BCUT2D eigenvalue weighted by Crippen LogP contribution is -2.00. The first-order valence-corrected chi connectivity index (χ1v) is 12.9. The lowest BCUT2D eigenvalue weighted by atomic mass is 10.0. The Kier molecular flexibility index (Phi) is 6.40. The molecule has 0 atom stereocenters. The topological polar surface area (TPSA) is 38.7 Å². The van der Waals surface area contributed by atoms with Gasteiger partial charge in [0.1, 0.15) is 0 Å². The fourth-order valence-electron chi connectivity index (χ4n) is 4.30. The molecular formula is C33H22BrN3. The summed E-state index contributed by atoms with van der Waals surface area (Å²) < 4.78 is 1.01. The summed E-state index contributed by atoms with van der Waals surface area (Å²) >= 11 is 3.53. The highest BCUT2D eigenvalue weighted by Gasteiger charge is 2.13. The van der Waals surface area contributed by atoms with Gasteiger partial charge in [-0.25, -0.2) is 15.0 Å². The van der Waals surface area contributed by atoms with Crippen LogP contribution in [0.5, 0.6) is 0 Å². The molecule has 0 radical (unpaired) electrons. The maximum Gasteiger partial charge on any atom is 0.164 e. The van der Waals surface area contributed by atoms with Gasteiger partial charge in [-0.05, 0) is 46.5 Å². The van der Waals surface area contributed by atoms with Gasteiger partial charge in [-0.3, -0.25) is 0 Å². The van der Waals surface area contributed by atoms with Crippen molar-refractivity contribution < 1.29 is 0 Å². The van der Waals surface area contributed by atoms with Gasteiger partial charge in [-0.15, -0.1) is 0 Å². The SMILES string of the molecule is Brc1ccc(-c2nc(-c3cccc(-c4ccccc4)c3)nc(-c3cccc(-c4ccccc4)c3)n2)cc1. The van der Waals surface area contributed by atoms with Gasteiger partial charge in [0.2, 0.25) is 0 Å². The van der Waals surface area contributed by atoms with Crippen LogP contribution in [0.1, 0.15) is 0 Å². The van der Waals surface area contributed by atoms with Gasteiger partial charge in [-0.2, -0.15) is 0 Å². The van der Waals surface area contributed by atoms with E-state index in [1.165, 1.54) is 0 Å². The Labute approximate surface area is 224 Å². The molecule has 4 heteroatoms. The zero-order valence-electron chi connectivity index (χ0n) is 19.9. The van der Waals surface area contributed by atoms with Gasteiger partial charge < -0.3 is 0 Å². The van der Waals surface area contributed by atoms with E-state index in [9.17, 15) is 0 Å². The summed E-state index contributed by atoms with van der Waals surface area (Å²) in [5.41, 5.74) is 7.38. The van der Waals surface area contributed by atoms with Crippen LogP contribution in [-0.2, 0) is 0 Å². The van der Waals surface area contributed by atoms with E-state index < -0.39 is 0 Å². The van der Waals surface area contributed by atoms with Gasteiger partial charge in [0.05, 0.1) is 0 Å². The molecule has 6 rings (SSSR count). The molecule has 0 aliphatic rings. The summed E-state index contributed by atoms with van der Waals surface area (Å²) in [5.74, 6) is 1.93. The average molecular weight is 540 g/mol. The van der Waals surface area contributed by atoms with Crippen LogP contribution in [0.2, 0.25) is 0 Å². The first-order valence-electron chi connectivity index (χ1n) is 12.1. The fraction of sp³-hybridized carbons (Fsp3) is 0. The second kappa shape index (κ2) is 10.3. The highest BCUT2D eigenvalue weighted by molar-refractivity contribution is 9.10. The Hall–Kier alpha value is -4.41. The van der Waals surface area contributed by atoms with Gasteiger partial charge in [0, 0.05) is 21.2 Å². The van der Waals surface area contributed by atoms with Crippen molar-refractivity contribution in [1.29, 1.82) is 0 Å². The smallest absolute Gasteiger partial charge is 0.164 e.